The molecule has 0 fully saturated rings. The van der Waals surface area contributed by atoms with Gasteiger partial charge >= 0.3 is 0 Å². The molecule has 19 heavy (non-hydrogen) atoms. The molecule has 1 amide bonds. The Morgan fingerprint density at radius 3 is 2.37 bits per heavy atom. The largest absolute Gasteiger partial charge is 0.326 e. The molecule has 2 rings (SSSR count). The second kappa shape index (κ2) is 6.97. The molecule has 0 saturated carbocycles. The zero-order valence-electron chi connectivity index (χ0n) is 10.5. The third-order valence-electron chi connectivity index (χ3n) is 2.59. The van der Waals surface area contributed by atoms with Crippen molar-refractivity contribution in [3.8, 4) is 0 Å². The molecular formula is C15H16N2OS. The molecule has 0 heterocycles. The number of amides is 1. The van der Waals surface area contributed by atoms with E-state index in [1.165, 1.54) is 11.8 Å². The molecule has 4 heteroatoms. The Kier molecular flexibility index (Phi) is 5.01. The van der Waals surface area contributed by atoms with E-state index in [1.807, 2.05) is 54.6 Å². The number of nitrogens with two attached hydrogens (primary N) is 1. The maximum atomic E-state index is 11.8. The number of rotatable bonds is 5. The van der Waals surface area contributed by atoms with Crippen LogP contribution < -0.4 is 11.1 Å². The first-order valence-corrected chi connectivity index (χ1v) is 7.03. The van der Waals surface area contributed by atoms with Gasteiger partial charge in [0.2, 0.25) is 5.91 Å². The summed E-state index contributed by atoms with van der Waals surface area (Å²) in [5.74, 6) is 0.399. The first kappa shape index (κ1) is 13.6. The van der Waals surface area contributed by atoms with Crippen LogP contribution in [0.25, 0.3) is 0 Å². The molecule has 0 aliphatic carbocycles. The fraction of sp³-hybridized carbons (Fsp3) is 0.133. The molecule has 2 aromatic rings. The number of carbonyl (C=O) groups is 1. The van der Waals surface area contributed by atoms with Gasteiger partial charge in [-0.2, -0.15) is 0 Å². The molecule has 0 unspecified atom stereocenters. The van der Waals surface area contributed by atoms with Gasteiger partial charge in [-0.3, -0.25) is 4.79 Å². The standard InChI is InChI=1S/C15H16N2OS/c16-10-12-6-8-14(9-7-12)19-11-15(18)17-13-4-2-1-3-5-13/h1-9H,10-11,16H2,(H,17,18). The highest BCUT2D eigenvalue weighted by molar-refractivity contribution is 8.00. The average Bonchev–Trinajstić information content (AvgIpc) is 2.47. The van der Waals surface area contributed by atoms with Crippen molar-refractivity contribution >= 4 is 23.4 Å². The van der Waals surface area contributed by atoms with Crippen molar-refractivity contribution in [2.45, 2.75) is 11.4 Å². The quantitative estimate of drug-likeness (QED) is 0.823. The van der Waals surface area contributed by atoms with Crippen LogP contribution in [0.4, 0.5) is 5.69 Å². The SMILES string of the molecule is NCc1ccc(SCC(=O)Nc2ccccc2)cc1. The number of para-hydroxylation sites is 1. The summed E-state index contributed by atoms with van der Waals surface area (Å²) in [5, 5.41) is 2.85. The number of hydrogen-bond donors (Lipinski definition) is 2. The van der Waals surface area contributed by atoms with Crippen LogP contribution >= 0.6 is 11.8 Å². The van der Waals surface area contributed by atoms with Gasteiger partial charge in [0.05, 0.1) is 5.75 Å². The van der Waals surface area contributed by atoms with Crippen LogP contribution in [0.3, 0.4) is 0 Å². The Balaban J connectivity index is 1.83. The Morgan fingerprint density at radius 2 is 1.74 bits per heavy atom. The van der Waals surface area contributed by atoms with Crippen LogP contribution in [-0.4, -0.2) is 11.7 Å². The van der Waals surface area contributed by atoms with Crippen LogP contribution in [0.5, 0.6) is 0 Å². The van der Waals surface area contributed by atoms with Crippen molar-refractivity contribution in [1.29, 1.82) is 0 Å². The molecule has 0 atom stereocenters. The van der Waals surface area contributed by atoms with Crippen molar-refractivity contribution in [1.82, 2.24) is 0 Å². The molecule has 2 aromatic carbocycles. The van der Waals surface area contributed by atoms with Gasteiger partial charge in [-0.1, -0.05) is 30.3 Å². The molecule has 0 aliphatic heterocycles. The molecule has 0 bridgehead atoms. The zero-order valence-corrected chi connectivity index (χ0v) is 11.3. The summed E-state index contributed by atoms with van der Waals surface area (Å²) in [6.45, 7) is 0.541. The van der Waals surface area contributed by atoms with Crippen molar-refractivity contribution in [3.05, 3.63) is 60.2 Å². The molecule has 98 valence electrons. The van der Waals surface area contributed by atoms with Crippen molar-refractivity contribution in [3.63, 3.8) is 0 Å². The van der Waals surface area contributed by atoms with E-state index in [0.717, 1.165) is 16.1 Å². The van der Waals surface area contributed by atoms with Gasteiger partial charge in [-0.25, -0.2) is 0 Å². The van der Waals surface area contributed by atoms with E-state index in [0.29, 0.717) is 12.3 Å². The Labute approximate surface area is 117 Å². The van der Waals surface area contributed by atoms with E-state index in [4.69, 9.17) is 5.73 Å². The predicted octanol–water partition coefficient (Wildman–Crippen LogP) is 2.88. The first-order valence-electron chi connectivity index (χ1n) is 6.04. The van der Waals surface area contributed by atoms with E-state index in [9.17, 15) is 4.79 Å². The summed E-state index contributed by atoms with van der Waals surface area (Å²) in [7, 11) is 0. The van der Waals surface area contributed by atoms with Crippen LogP contribution in [0.2, 0.25) is 0 Å². The third kappa shape index (κ3) is 4.43. The lowest BCUT2D eigenvalue weighted by atomic mass is 10.2. The lowest BCUT2D eigenvalue weighted by Gasteiger charge is -2.05. The minimum atomic E-state index is -0.000832. The highest BCUT2D eigenvalue weighted by Crippen LogP contribution is 2.18. The number of carbonyl (C=O) groups excluding carboxylic acids is 1. The Bertz CT molecular complexity index is 526. The predicted molar refractivity (Wildman–Crippen MR) is 80.1 cm³/mol. The minimum absolute atomic E-state index is 0.000832. The highest BCUT2D eigenvalue weighted by atomic mass is 32.2. The van der Waals surface area contributed by atoms with E-state index < -0.39 is 0 Å². The molecule has 0 radical (unpaired) electrons. The zero-order chi connectivity index (χ0) is 13.5. The highest BCUT2D eigenvalue weighted by Gasteiger charge is 2.03. The normalized spacial score (nSPS) is 10.2. The maximum Gasteiger partial charge on any atom is 0.234 e. The number of nitrogens with one attached hydrogen (secondary N) is 1. The third-order valence-corrected chi connectivity index (χ3v) is 3.60. The lowest BCUT2D eigenvalue weighted by molar-refractivity contribution is -0.113. The summed E-state index contributed by atoms with van der Waals surface area (Å²) in [6, 6.07) is 17.4. The van der Waals surface area contributed by atoms with Crippen LogP contribution in [0, 0.1) is 0 Å². The van der Waals surface area contributed by atoms with Crippen molar-refractivity contribution < 1.29 is 4.79 Å². The molecule has 0 saturated heterocycles. The van der Waals surface area contributed by atoms with Crippen LogP contribution in [-0.2, 0) is 11.3 Å². The van der Waals surface area contributed by atoms with Gasteiger partial charge < -0.3 is 11.1 Å². The molecule has 3 nitrogen and oxygen atoms in total. The fourth-order valence-electron chi connectivity index (χ4n) is 1.59. The van der Waals surface area contributed by atoms with Gasteiger partial charge in [0.15, 0.2) is 0 Å². The summed E-state index contributed by atoms with van der Waals surface area (Å²) < 4.78 is 0. The summed E-state index contributed by atoms with van der Waals surface area (Å²) >= 11 is 1.51. The Morgan fingerprint density at radius 1 is 1.05 bits per heavy atom. The number of hydrogen-bond acceptors (Lipinski definition) is 3. The monoisotopic (exact) mass is 272 g/mol. The van der Waals surface area contributed by atoms with Crippen molar-refractivity contribution in [2.75, 3.05) is 11.1 Å². The molecule has 0 aromatic heterocycles. The number of anilines is 1. The first-order chi connectivity index (χ1) is 9.28. The van der Waals surface area contributed by atoms with Gasteiger partial charge in [0.1, 0.15) is 0 Å². The average molecular weight is 272 g/mol. The van der Waals surface area contributed by atoms with E-state index in [-0.39, 0.29) is 5.91 Å². The van der Waals surface area contributed by atoms with Gasteiger partial charge in [-0.15, -0.1) is 11.8 Å². The van der Waals surface area contributed by atoms with E-state index in [1.54, 1.807) is 0 Å². The maximum absolute atomic E-state index is 11.8. The second-order valence-electron chi connectivity index (χ2n) is 4.05. The van der Waals surface area contributed by atoms with Crippen molar-refractivity contribution in [2.24, 2.45) is 5.73 Å². The summed E-state index contributed by atoms with van der Waals surface area (Å²) in [6.07, 6.45) is 0. The lowest BCUT2D eigenvalue weighted by Crippen LogP contribution is -2.13. The fourth-order valence-corrected chi connectivity index (χ4v) is 2.29. The summed E-state index contributed by atoms with van der Waals surface area (Å²) in [5.41, 5.74) is 7.46. The van der Waals surface area contributed by atoms with Crippen LogP contribution in [0.15, 0.2) is 59.5 Å². The molecule has 3 N–H and O–H groups in total. The minimum Gasteiger partial charge on any atom is -0.326 e. The number of benzene rings is 2. The molecule has 0 aliphatic rings. The summed E-state index contributed by atoms with van der Waals surface area (Å²) in [4.78, 5) is 12.8. The smallest absolute Gasteiger partial charge is 0.234 e. The van der Waals surface area contributed by atoms with Crippen LogP contribution in [0.1, 0.15) is 5.56 Å². The van der Waals surface area contributed by atoms with E-state index in [2.05, 4.69) is 5.32 Å². The number of thioether (sulfide) groups is 1. The van der Waals surface area contributed by atoms with Gasteiger partial charge in [-0.05, 0) is 29.8 Å². The van der Waals surface area contributed by atoms with E-state index >= 15 is 0 Å². The van der Waals surface area contributed by atoms with Gasteiger partial charge in [0, 0.05) is 17.1 Å². The topological polar surface area (TPSA) is 55.1 Å². The Hall–Kier alpha value is -1.78. The molecular weight excluding hydrogens is 256 g/mol. The van der Waals surface area contributed by atoms with Gasteiger partial charge in [0.25, 0.3) is 0 Å². The second-order valence-corrected chi connectivity index (χ2v) is 5.10. The molecule has 0 spiro atoms.